The zero-order valence-electron chi connectivity index (χ0n) is 9.15. The number of benzene rings is 1. The van der Waals surface area contributed by atoms with E-state index < -0.39 is 0 Å². The summed E-state index contributed by atoms with van der Waals surface area (Å²) in [6, 6.07) is 7.29. The maximum Gasteiger partial charge on any atom is 0.184 e. The van der Waals surface area contributed by atoms with Crippen LogP contribution in [0.4, 0.5) is 0 Å². The highest BCUT2D eigenvalue weighted by molar-refractivity contribution is 9.10. The molecule has 0 N–H and O–H groups in total. The third kappa shape index (κ3) is 2.76. The molecule has 0 spiro atoms. The zero-order chi connectivity index (χ0) is 12.4. The molecule has 0 unspecified atom stereocenters. The number of carbonyl (C=O) groups excluding carboxylic acids is 1. The molecule has 5 heteroatoms. The van der Waals surface area contributed by atoms with Crippen LogP contribution in [-0.4, -0.2) is 15.6 Å². The van der Waals surface area contributed by atoms with Crippen molar-refractivity contribution in [2.75, 3.05) is 0 Å². The number of hydrogen-bond donors (Lipinski definition) is 0. The summed E-state index contributed by atoms with van der Waals surface area (Å²) < 4.78 is 2.49. The summed E-state index contributed by atoms with van der Waals surface area (Å²) >= 11 is 9.22. The summed E-state index contributed by atoms with van der Waals surface area (Å²) in [6.07, 6.45) is 1.55. The Labute approximate surface area is 113 Å². The predicted octanol–water partition coefficient (Wildman–Crippen LogP) is 3.49. The smallest absolute Gasteiger partial charge is 0.184 e. The fourth-order valence-electron chi connectivity index (χ4n) is 1.47. The molecule has 3 nitrogen and oxygen atoms in total. The van der Waals surface area contributed by atoms with Gasteiger partial charge in [-0.1, -0.05) is 39.7 Å². The molecular weight excluding hydrogens is 304 g/mol. The van der Waals surface area contributed by atoms with Gasteiger partial charge in [0.05, 0.1) is 16.9 Å². The first-order chi connectivity index (χ1) is 8.08. The average molecular weight is 314 g/mol. The number of aromatic nitrogens is 2. The van der Waals surface area contributed by atoms with E-state index in [1.54, 1.807) is 23.0 Å². The molecule has 0 fully saturated rings. The van der Waals surface area contributed by atoms with Gasteiger partial charge in [-0.15, -0.1) is 0 Å². The van der Waals surface area contributed by atoms with E-state index >= 15 is 0 Å². The molecule has 1 heterocycles. The fourth-order valence-corrected chi connectivity index (χ4v) is 2.01. The van der Waals surface area contributed by atoms with Gasteiger partial charge in [0.1, 0.15) is 6.54 Å². The Morgan fingerprint density at radius 3 is 2.88 bits per heavy atom. The van der Waals surface area contributed by atoms with Crippen LogP contribution in [-0.2, 0) is 6.54 Å². The molecule has 0 radical (unpaired) electrons. The minimum Gasteiger partial charge on any atom is -0.292 e. The molecule has 1 aromatic heterocycles. The minimum absolute atomic E-state index is 0.00849. The number of halogens is 2. The molecule has 0 atom stereocenters. The number of ketones is 1. The number of carbonyl (C=O) groups is 1. The molecule has 2 rings (SSSR count). The second kappa shape index (κ2) is 5.02. The van der Waals surface area contributed by atoms with Gasteiger partial charge in [0.15, 0.2) is 5.78 Å². The molecule has 2 aromatic rings. The maximum absolute atomic E-state index is 12.0. The van der Waals surface area contributed by atoms with Crippen molar-refractivity contribution < 1.29 is 4.79 Å². The summed E-state index contributed by atoms with van der Waals surface area (Å²) in [4.78, 5) is 12.0. The van der Waals surface area contributed by atoms with Crippen LogP contribution in [0.1, 0.15) is 16.1 Å². The molecule has 0 aliphatic rings. The summed E-state index contributed by atoms with van der Waals surface area (Å²) in [6.45, 7) is 2.04. The third-order valence-corrected chi connectivity index (χ3v) is 3.35. The first kappa shape index (κ1) is 12.3. The Kier molecular flexibility index (Phi) is 3.64. The van der Waals surface area contributed by atoms with Gasteiger partial charge in [-0.2, -0.15) is 5.10 Å². The van der Waals surface area contributed by atoms with Crippen LogP contribution in [0, 0.1) is 6.92 Å². The highest BCUT2D eigenvalue weighted by Crippen LogP contribution is 2.15. The lowest BCUT2D eigenvalue weighted by Crippen LogP contribution is -2.12. The highest BCUT2D eigenvalue weighted by Gasteiger charge is 2.10. The summed E-state index contributed by atoms with van der Waals surface area (Å²) in [5.74, 6) is 0.00849. The Balaban J connectivity index is 2.20. The van der Waals surface area contributed by atoms with Gasteiger partial charge >= 0.3 is 0 Å². The Bertz CT molecular complexity index is 565. The number of Topliss-reactive ketones (excluding diaryl/α,β-unsaturated/α-hetero) is 1. The van der Waals surface area contributed by atoms with Crippen LogP contribution < -0.4 is 0 Å². The molecule has 0 saturated carbocycles. The monoisotopic (exact) mass is 312 g/mol. The molecule has 0 saturated heterocycles. The fraction of sp³-hybridized carbons (Fsp3) is 0.167. The molecular formula is C12H10BrClN2O. The van der Waals surface area contributed by atoms with E-state index in [0.29, 0.717) is 10.6 Å². The number of rotatable bonds is 3. The topological polar surface area (TPSA) is 34.9 Å². The van der Waals surface area contributed by atoms with Gasteiger partial charge in [-0.3, -0.25) is 9.48 Å². The average Bonchev–Trinajstić information content (AvgIpc) is 2.61. The van der Waals surface area contributed by atoms with Gasteiger partial charge in [-0.05, 0) is 19.1 Å². The van der Waals surface area contributed by atoms with Crippen LogP contribution in [0.15, 0.2) is 34.9 Å². The van der Waals surface area contributed by atoms with Crippen molar-refractivity contribution in [2.45, 2.75) is 13.5 Å². The first-order valence-corrected chi connectivity index (χ1v) is 6.21. The van der Waals surface area contributed by atoms with Gasteiger partial charge in [0.25, 0.3) is 0 Å². The van der Waals surface area contributed by atoms with Crippen molar-refractivity contribution >= 4 is 33.3 Å². The largest absolute Gasteiger partial charge is 0.292 e. The summed E-state index contributed by atoms with van der Waals surface area (Å²) in [7, 11) is 0. The van der Waals surface area contributed by atoms with Crippen LogP contribution in [0.2, 0.25) is 5.02 Å². The number of hydrogen-bond acceptors (Lipinski definition) is 2. The zero-order valence-corrected chi connectivity index (χ0v) is 11.5. The molecule has 0 amide bonds. The predicted molar refractivity (Wildman–Crippen MR) is 70.4 cm³/mol. The third-order valence-electron chi connectivity index (χ3n) is 2.48. The van der Waals surface area contributed by atoms with E-state index in [1.165, 1.54) is 0 Å². The van der Waals surface area contributed by atoms with Gasteiger partial charge in [0.2, 0.25) is 0 Å². The summed E-state index contributed by atoms with van der Waals surface area (Å²) in [5.41, 5.74) is 1.46. The molecule has 1 aromatic carbocycles. The van der Waals surface area contributed by atoms with Crippen molar-refractivity contribution in [1.29, 1.82) is 0 Å². The van der Waals surface area contributed by atoms with Crippen molar-refractivity contribution in [2.24, 2.45) is 0 Å². The van der Waals surface area contributed by atoms with Crippen LogP contribution in [0.3, 0.4) is 0 Å². The molecule has 0 aliphatic heterocycles. The number of nitrogens with zero attached hydrogens (tertiary/aromatic N) is 2. The lowest BCUT2D eigenvalue weighted by Gasteiger charge is -2.04. The van der Waals surface area contributed by atoms with Crippen LogP contribution >= 0.6 is 27.5 Å². The van der Waals surface area contributed by atoms with Crippen LogP contribution in [0.25, 0.3) is 0 Å². The van der Waals surface area contributed by atoms with E-state index in [9.17, 15) is 4.79 Å². The molecule has 88 valence electrons. The van der Waals surface area contributed by atoms with E-state index in [1.807, 2.05) is 19.1 Å². The minimum atomic E-state index is 0.00849. The second-order valence-corrected chi connectivity index (χ2v) is 4.99. The van der Waals surface area contributed by atoms with Gasteiger partial charge in [0, 0.05) is 10.0 Å². The highest BCUT2D eigenvalue weighted by atomic mass is 79.9. The first-order valence-electron chi connectivity index (χ1n) is 5.04. The summed E-state index contributed by atoms with van der Waals surface area (Å²) in [5, 5.41) is 4.63. The Morgan fingerprint density at radius 2 is 2.29 bits per heavy atom. The Hall–Kier alpha value is -1.13. The quantitative estimate of drug-likeness (QED) is 0.813. The van der Waals surface area contributed by atoms with E-state index in [2.05, 4.69) is 21.0 Å². The molecule has 0 bridgehead atoms. The second-order valence-electron chi connectivity index (χ2n) is 3.67. The van der Waals surface area contributed by atoms with Gasteiger partial charge in [-0.25, -0.2) is 0 Å². The van der Waals surface area contributed by atoms with E-state index in [-0.39, 0.29) is 12.3 Å². The normalized spacial score (nSPS) is 10.5. The van der Waals surface area contributed by atoms with E-state index in [0.717, 1.165) is 10.2 Å². The van der Waals surface area contributed by atoms with Gasteiger partial charge < -0.3 is 0 Å². The van der Waals surface area contributed by atoms with Crippen LogP contribution in [0.5, 0.6) is 0 Å². The Morgan fingerprint density at radius 1 is 1.53 bits per heavy atom. The molecule has 0 aliphatic carbocycles. The van der Waals surface area contributed by atoms with Crippen molar-refractivity contribution in [3.63, 3.8) is 0 Å². The van der Waals surface area contributed by atoms with Crippen molar-refractivity contribution in [1.82, 2.24) is 9.78 Å². The van der Waals surface area contributed by atoms with Crippen molar-refractivity contribution in [3.8, 4) is 0 Å². The lowest BCUT2D eigenvalue weighted by atomic mass is 10.1. The van der Waals surface area contributed by atoms with E-state index in [4.69, 9.17) is 11.6 Å². The SMILES string of the molecule is Cc1c(Cl)cnn1CC(=O)c1cccc(Br)c1. The lowest BCUT2D eigenvalue weighted by molar-refractivity contribution is 0.0967. The standard InChI is InChI=1S/C12H10BrClN2O/c1-8-11(14)6-15-16(8)7-12(17)9-3-2-4-10(13)5-9/h2-6H,7H2,1H3. The molecule has 17 heavy (non-hydrogen) atoms. The van der Waals surface area contributed by atoms with Crippen molar-refractivity contribution in [3.05, 3.63) is 51.2 Å². The maximum atomic E-state index is 12.0.